The normalized spacial score (nSPS) is 14.4. The molecule has 0 saturated heterocycles. The van der Waals surface area contributed by atoms with E-state index in [9.17, 15) is 9.90 Å². The first kappa shape index (κ1) is 20.6. The molecule has 0 aromatic rings. The number of carboxylic acid groups (broad SMARTS) is 1. The van der Waals surface area contributed by atoms with E-state index in [0.29, 0.717) is 11.3 Å². The van der Waals surface area contributed by atoms with Gasteiger partial charge in [-0.2, -0.15) is 0 Å². The lowest BCUT2D eigenvalue weighted by atomic mass is 10.2. The van der Waals surface area contributed by atoms with Crippen molar-refractivity contribution in [2.75, 3.05) is 6.61 Å². The maximum Gasteiger partial charge on any atom is 0.337 e. The van der Waals surface area contributed by atoms with Crippen molar-refractivity contribution in [2.24, 2.45) is 0 Å². The molecule has 0 atom stereocenters. The summed E-state index contributed by atoms with van der Waals surface area (Å²) in [4.78, 5) is 11.6. The lowest BCUT2D eigenvalue weighted by Crippen LogP contribution is -2.30. The summed E-state index contributed by atoms with van der Waals surface area (Å²) in [5, 5.41) is 9.52. The molecule has 0 aliphatic rings. The molecule has 0 aliphatic carbocycles. The molecule has 124 valence electrons. The van der Waals surface area contributed by atoms with Crippen molar-refractivity contribution in [3.63, 3.8) is 0 Å². The predicted molar refractivity (Wildman–Crippen MR) is 96.8 cm³/mol. The van der Waals surface area contributed by atoms with Gasteiger partial charge in [-0.25, -0.2) is 4.79 Å². The van der Waals surface area contributed by atoms with Crippen LogP contribution in [0, 0.1) is 0 Å². The number of rotatable bonds is 10. The van der Waals surface area contributed by atoms with Gasteiger partial charge in [0.1, 0.15) is 0 Å². The second-order valence-electron chi connectivity index (χ2n) is 7.28. The lowest BCUT2D eigenvalue weighted by Gasteiger charge is -2.25. The average molecular weight is 349 g/mol. The SMILES string of the molecule is C[SiH2]CCCC(O[Si](C)(C)C)=C(CO[Si](C)(C)C)C(=O)O. The minimum absolute atomic E-state index is 0.0127. The summed E-state index contributed by atoms with van der Waals surface area (Å²) in [7, 11) is -3.55. The molecular formula is C14H32O4Si3. The highest BCUT2D eigenvalue weighted by molar-refractivity contribution is 6.70. The first-order valence-electron chi connectivity index (χ1n) is 7.74. The molecular weight excluding hydrogens is 316 g/mol. The number of hydrogen-bond donors (Lipinski definition) is 1. The second-order valence-corrected chi connectivity index (χ2v) is 17.9. The predicted octanol–water partition coefficient (Wildman–Crippen LogP) is 3.44. The summed E-state index contributed by atoms with van der Waals surface area (Å²) < 4.78 is 11.9. The number of carboxylic acids is 1. The molecule has 4 nitrogen and oxygen atoms in total. The Morgan fingerprint density at radius 2 is 1.67 bits per heavy atom. The summed E-state index contributed by atoms with van der Waals surface area (Å²) >= 11 is 0. The zero-order valence-corrected chi connectivity index (χ0v) is 18.1. The maximum absolute atomic E-state index is 11.6. The van der Waals surface area contributed by atoms with Crippen LogP contribution in [0.4, 0.5) is 0 Å². The van der Waals surface area contributed by atoms with Crippen molar-refractivity contribution < 1.29 is 18.8 Å². The van der Waals surface area contributed by atoms with Crippen LogP contribution in [0.1, 0.15) is 12.8 Å². The van der Waals surface area contributed by atoms with Crippen LogP contribution >= 0.6 is 0 Å². The minimum Gasteiger partial charge on any atom is -0.547 e. The average Bonchev–Trinajstić information content (AvgIpc) is 2.25. The Morgan fingerprint density at radius 3 is 2.05 bits per heavy atom. The number of hydrogen-bond acceptors (Lipinski definition) is 3. The summed E-state index contributed by atoms with van der Waals surface area (Å²) in [5.74, 6) is -0.252. The van der Waals surface area contributed by atoms with Crippen LogP contribution in [0.25, 0.3) is 0 Å². The second kappa shape index (κ2) is 8.92. The molecule has 0 spiro atoms. The van der Waals surface area contributed by atoms with Crippen molar-refractivity contribution >= 4 is 32.1 Å². The van der Waals surface area contributed by atoms with E-state index in [4.69, 9.17) is 8.85 Å². The molecule has 0 rings (SSSR count). The monoisotopic (exact) mass is 348 g/mol. The van der Waals surface area contributed by atoms with Gasteiger partial charge in [-0.05, 0) is 45.7 Å². The molecule has 0 unspecified atom stereocenters. The van der Waals surface area contributed by atoms with E-state index < -0.39 is 22.6 Å². The number of allylic oxidation sites excluding steroid dienone is 1. The Hall–Kier alpha value is -0.379. The van der Waals surface area contributed by atoms with Gasteiger partial charge in [0.25, 0.3) is 0 Å². The van der Waals surface area contributed by atoms with Crippen LogP contribution in [-0.2, 0) is 13.6 Å². The Labute approximate surface area is 134 Å². The molecule has 0 heterocycles. The van der Waals surface area contributed by atoms with Crippen molar-refractivity contribution in [1.29, 1.82) is 0 Å². The van der Waals surface area contributed by atoms with E-state index in [1.807, 2.05) is 0 Å². The zero-order chi connectivity index (χ0) is 16.7. The quantitative estimate of drug-likeness (QED) is 0.284. The van der Waals surface area contributed by atoms with Gasteiger partial charge in [-0.1, -0.05) is 12.6 Å². The lowest BCUT2D eigenvalue weighted by molar-refractivity contribution is -0.133. The minimum atomic E-state index is -1.82. The zero-order valence-electron chi connectivity index (χ0n) is 14.7. The van der Waals surface area contributed by atoms with Gasteiger partial charge in [0.05, 0.1) is 17.9 Å². The fourth-order valence-electron chi connectivity index (χ4n) is 1.72. The van der Waals surface area contributed by atoms with Crippen molar-refractivity contribution in [2.45, 2.75) is 64.7 Å². The van der Waals surface area contributed by atoms with Crippen molar-refractivity contribution in [3.05, 3.63) is 11.3 Å². The first-order chi connectivity index (χ1) is 9.46. The third-order valence-electron chi connectivity index (χ3n) is 2.68. The molecule has 0 bridgehead atoms. The van der Waals surface area contributed by atoms with Gasteiger partial charge < -0.3 is 14.0 Å². The van der Waals surface area contributed by atoms with Crippen LogP contribution in [0.2, 0.25) is 51.9 Å². The smallest absolute Gasteiger partial charge is 0.337 e. The maximum atomic E-state index is 11.6. The third kappa shape index (κ3) is 10.9. The topological polar surface area (TPSA) is 55.8 Å². The van der Waals surface area contributed by atoms with Gasteiger partial charge in [0.2, 0.25) is 8.32 Å². The summed E-state index contributed by atoms with van der Waals surface area (Å²) in [5.41, 5.74) is 0.317. The molecule has 0 aromatic carbocycles. The van der Waals surface area contributed by atoms with Crippen molar-refractivity contribution in [1.82, 2.24) is 0 Å². The highest BCUT2D eigenvalue weighted by atomic mass is 28.4. The molecule has 0 aliphatic heterocycles. The largest absolute Gasteiger partial charge is 0.547 e. The molecule has 1 N–H and O–H groups in total. The standard InChI is InChI=1S/C14H32O4Si3/c1-19-10-8-9-13(18-21(5,6)7)12(14(15)16)11-17-20(2,3)4/h8-11,19H2,1-7H3,(H,15,16). The molecule has 0 amide bonds. The Balaban J connectivity index is 5.21. The Bertz CT molecular complexity index is 367. The molecule has 0 radical (unpaired) electrons. The van der Waals surface area contributed by atoms with Crippen LogP contribution < -0.4 is 0 Å². The van der Waals surface area contributed by atoms with Crippen LogP contribution in [-0.4, -0.2) is 43.8 Å². The molecule has 0 fully saturated rings. The van der Waals surface area contributed by atoms with E-state index in [2.05, 4.69) is 45.8 Å². The van der Waals surface area contributed by atoms with Crippen LogP contribution in [0.3, 0.4) is 0 Å². The van der Waals surface area contributed by atoms with E-state index in [-0.39, 0.29) is 16.1 Å². The van der Waals surface area contributed by atoms with E-state index in [0.717, 1.165) is 12.8 Å². The number of aliphatic carboxylic acids is 1. The number of carbonyl (C=O) groups is 1. The fourth-order valence-corrected chi connectivity index (χ4v) is 4.01. The summed E-state index contributed by atoms with van der Waals surface area (Å²) in [6, 6.07) is 1.22. The van der Waals surface area contributed by atoms with E-state index in [1.165, 1.54) is 6.04 Å². The van der Waals surface area contributed by atoms with Crippen molar-refractivity contribution in [3.8, 4) is 0 Å². The van der Waals surface area contributed by atoms with E-state index in [1.54, 1.807) is 0 Å². The van der Waals surface area contributed by atoms with Crippen LogP contribution in [0.5, 0.6) is 0 Å². The Morgan fingerprint density at radius 1 is 1.10 bits per heavy atom. The highest BCUT2D eigenvalue weighted by Crippen LogP contribution is 2.21. The molecule has 0 saturated carbocycles. The van der Waals surface area contributed by atoms with Gasteiger partial charge in [-0.3, -0.25) is 0 Å². The third-order valence-corrected chi connectivity index (χ3v) is 5.76. The fraction of sp³-hybridized carbons (Fsp3) is 0.786. The van der Waals surface area contributed by atoms with E-state index >= 15 is 0 Å². The Kier molecular flexibility index (Phi) is 8.76. The molecule has 21 heavy (non-hydrogen) atoms. The molecule has 7 heteroatoms. The summed E-state index contributed by atoms with van der Waals surface area (Å²) in [6.07, 6.45) is 1.74. The summed E-state index contributed by atoms with van der Waals surface area (Å²) in [6.45, 7) is 14.9. The van der Waals surface area contributed by atoms with Gasteiger partial charge in [0.15, 0.2) is 8.32 Å². The van der Waals surface area contributed by atoms with Gasteiger partial charge in [0, 0.05) is 15.9 Å². The highest BCUT2D eigenvalue weighted by Gasteiger charge is 2.25. The van der Waals surface area contributed by atoms with Gasteiger partial charge >= 0.3 is 5.97 Å². The first-order valence-corrected chi connectivity index (χ1v) is 17.0. The molecule has 0 aromatic heterocycles. The van der Waals surface area contributed by atoms with Crippen LogP contribution in [0.15, 0.2) is 11.3 Å². The van der Waals surface area contributed by atoms with Gasteiger partial charge in [-0.15, -0.1) is 0 Å².